The number of hydrogen-bond donors (Lipinski definition) is 2. The summed E-state index contributed by atoms with van der Waals surface area (Å²) in [5, 5.41) is 2.88. The summed E-state index contributed by atoms with van der Waals surface area (Å²) in [5.41, 5.74) is 0.597. The topological polar surface area (TPSA) is 67.0 Å². The number of benzene rings is 1. The lowest BCUT2D eigenvalue weighted by atomic mass is 10.1. The third kappa shape index (κ3) is 3.81. The molecule has 2 rings (SSSR count). The lowest BCUT2D eigenvalue weighted by Gasteiger charge is -2.14. The predicted molar refractivity (Wildman–Crippen MR) is 76.4 cm³/mol. The van der Waals surface area contributed by atoms with Gasteiger partial charge in [0.2, 0.25) is 5.91 Å². The van der Waals surface area contributed by atoms with Crippen LogP contribution >= 0.6 is 0 Å². The van der Waals surface area contributed by atoms with Crippen molar-refractivity contribution < 1.29 is 13.9 Å². The summed E-state index contributed by atoms with van der Waals surface area (Å²) in [6.45, 7) is 1.96. The number of hydrogen-bond acceptors (Lipinski definition) is 3. The van der Waals surface area contributed by atoms with Gasteiger partial charge in [0.25, 0.3) is 0 Å². The first-order chi connectivity index (χ1) is 10.1. The zero-order valence-corrected chi connectivity index (χ0v) is 12.0. The number of methoxy groups -OCH3 is 1. The number of carbonyl (C=O) groups excluding carboxylic acids is 1. The Labute approximate surface area is 122 Å². The van der Waals surface area contributed by atoms with E-state index in [1.165, 1.54) is 19.2 Å². The number of aromatic amines is 1. The highest BCUT2D eigenvalue weighted by atomic mass is 19.1. The maximum Gasteiger partial charge on any atom is 0.225 e. The summed E-state index contributed by atoms with van der Waals surface area (Å²) in [4.78, 5) is 19.2. The Bertz CT molecular complexity index is 599. The van der Waals surface area contributed by atoms with Crippen LogP contribution in [0.5, 0.6) is 5.75 Å². The molecule has 1 amide bonds. The molecule has 1 aromatic carbocycles. The van der Waals surface area contributed by atoms with Crippen LogP contribution in [0.2, 0.25) is 0 Å². The summed E-state index contributed by atoms with van der Waals surface area (Å²) in [6, 6.07) is 4.33. The third-order valence-corrected chi connectivity index (χ3v) is 3.17. The molecule has 2 aromatic rings. The van der Waals surface area contributed by atoms with Crippen LogP contribution < -0.4 is 10.1 Å². The van der Waals surface area contributed by atoms with Crippen molar-refractivity contribution in [3.05, 3.63) is 47.8 Å². The molecule has 1 unspecified atom stereocenters. The SMILES string of the molecule is CCC(NC(=O)Cc1ccc(OC)c(F)c1)c1ncc[nH]1. The molecular weight excluding hydrogens is 273 g/mol. The van der Waals surface area contributed by atoms with E-state index in [0.717, 1.165) is 6.42 Å². The number of imidazole rings is 1. The molecule has 1 aromatic heterocycles. The first kappa shape index (κ1) is 15.0. The molecule has 112 valence electrons. The standard InChI is InChI=1S/C15H18FN3O2/c1-3-12(15-17-6-7-18-15)19-14(20)9-10-4-5-13(21-2)11(16)8-10/h4-8,12H,3,9H2,1-2H3,(H,17,18)(H,19,20). The Morgan fingerprint density at radius 2 is 2.33 bits per heavy atom. The van der Waals surface area contributed by atoms with Crippen molar-refractivity contribution in [1.82, 2.24) is 15.3 Å². The molecule has 0 saturated carbocycles. The Kier molecular flexibility index (Phi) is 4.92. The lowest BCUT2D eigenvalue weighted by molar-refractivity contribution is -0.121. The van der Waals surface area contributed by atoms with E-state index < -0.39 is 5.82 Å². The molecule has 0 bridgehead atoms. The zero-order chi connectivity index (χ0) is 15.2. The minimum Gasteiger partial charge on any atom is -0.494 e. The minimum atomic E-state index is -0.471. The van der Waals surface area contributed by atoms with Gasteiger partial charge in [0, 0.05) is 12.4 Å². The van der Waals surface area contributed by atoms with Crippen molar-refractivity contribution in [2.24, 2.45) is 0 Å². The van der Waals surface area contributed by atoms with E-state index in [2.05, 4.69) is 15.3 Å². The fraction of sp³-hybridized carbons (Fsp3) is 0.333. The molecule has 0 aliphatic rings. The van der Waals surface area contributed by atoms with Gasteiger partial charge in [0.15, 0.2) is 11.6 Å². The number of nitrogens with zero attached hydrogens (tertiary/aromatic N) is 1. The van der Waals surface area contributed by atoms with Gasteiger partial charge in [-0.15, -0.1) is 0 Å². The number of H-pyrrole nitrogens is 1. The van der Waals surface area contributed by atoms with E-state index in [1.54, 1.807) is 18.5 Å². The summed E-state index contributed by atoms with van der Waals surface area (Å²) >= 11 is 0. The molecule has 6 heteroatoms. The number of halogens is 1. The van der Waals surface area contributed by atoms with E-state index >= 15 is 0 Å². The van der Waals surface area contributed by atoms with Gasteiger partial charge < -0.3 is 15.0 Å². The fourth-order valence-corrected chi connectivity index (χ4v) is 2.08. The molecule has 0 radical (unpaired) electrons. The van der Waals surface area contributed by atoms with Crippen LogP contribution in [0.3, 0.4) is 0 Å². The van der Waals surface area contributed by atoms with Gasteiger partial charge in [0.1, 0.15) is 5.82 Å². The van der Waals surface area contributed by atoms with E-state index in [0.29, 0.717) is 11.4 Å². The zero-order valence-electron chi connectivity index (χ0n) is 12.0. The van der Waals surface area contributed by atoms with Crippen molar-refractivity contribution in [2.45, 2.75) is 25.8 Å². The summed E-state index contributed by atoms with van der Waals surface area (Å²) < 4.78 is 18.4. The fourth-order valence-electron chi connectivity index (χ4n) is 2.08. The van der Waals surface area contributed by atoms with Crippen LogP contribution in [-0.2, 0) is 11.2 Å². The monoisotopic (exact) mass is 291 g/mol. The Morgan fingerprint density at radius 1 is 1.52 bits per heavy atom. The molecular formula is C15H18FN3O2. The van der Waals surface area contributed by atoms with Gasteiger partial charge >= 0.3 is 0 Å². The number of rotatable bonds is 6. The van der Waals surface area contributed by atoms with Crippen molar-refractivity contribution in [1.29, 1.82) is 0 Å². The maximum absolute atomic E-state index is 13.6. The smallest absolute Gasteiger partial charge is 0.225 e. The molecule has 0 saturated heterocycles. The lowest BCUT2D eigenvalue weighted by Crippen LogP contribution is -2.30. The van der Waals surface area contributed by atoms with E-state index in [1.807, 2.05) is 6.92 Å². The molecule has 2 N–H and O–H groups in total. The van der Waals surface area contributed by atoms with Crippen LogP contribution in [0, 0.1) is 5.82 Å². The molecule has 1 atom stereocenters. The summed E-state index contributed by atoms with van der Waals surface area (Å²) in [6.07, 6.45) is 4.18. The highest BCUT2D eigenvalue weighted by Gasteiger charge is 2.15. The molecule has 1 heterocycles. The van der Waals surface area contributed by atoms with Crippen LogP contribution in [0.4, 0.5) is 4.39 Å². The van der Waals surface area contributed by atoms with Gasteiger partial charge in [-0.05, 0) is 24.1 Å². The van der Waals surface area contributed by atoms with Crippen molar-refractivity contribution in [3.8, 4) is 5.75 Å². The molecule has 21 heavy (non-hydrogen) atoms. The predicted octanol–water partition coefficient (Wildman–Crippen LogP) is 2.37. The van der Waals surface area contributed by atoms with Gasteiger partial charge in [-0.1, -0.05) is 13.0 Å². The second-order valence-electron chi connectivity index (χ2n) is 4.65. The summed E-state index contributed by atoms with van der Waals surface area (Å²) in [7, 11) is 1.40. The maximum atomic E-state index is 13.6. The van der Waals surface area contributed by atoms with Crippen LogP contribution in [0.25, 0.3) is 0 Å². The van der Waals surface area contributed by atoms with Crippen LogP contribution in [0.1, 0.15) is 30.8 Å². The number of aromatic nitrogens is 2. The molecule has 5 nitrogen and oxygen atoms in total. The first-order valence-electron chi connectivity index (χ1n) is 6.75. The largest absolute Gasteiger partial charge is 0.494 e. The van der Waals surface area contributed by atoms with E-state index in [-0.39, 0.29) is 24.1 Å². The van der Waals surface area contributed by atoms with Crippen LogP contribution in [-0.4, -0.2) is 23.0 Å². The third-order valence-electron chi connectivity index (χ3n) is 3.17. The van der Waals surface area contributed by atoms with Gasteiger partial charge in [-0.2, -0.15) is 0 Å². The Morgan fingerprint density at radius 3 is 2.90 bits per heavy atom. The van der Waals surface area contributed by atoms with Gasteiger partial charge in [0.05, 0.1) is 19.6 Å². The molecule has 0 fully saturated rings. The normalized spacial score (nSPS) is 12.0. The molecule has 0 spiro atoms. The average Bonchev–Trinajstić information content (AvgIpc) is 2.99. The Balaban J connectivity index is 1.99. The van der Waals surface area contributed by atoms with E-state index in [4.69, 9.17) is 4.74 Å². The molecule has 0 aliphatic heterocycles. The average molecular weight is 291 g/mol. The second-order valence-corrected chi connectivity index (χ2v) is 4.65. The Hall–Kier alpha value is -2.37. The minimum absolute atomic E-state index is 0.109. The number of ether oxygens (including phenoxy) is 1. The second kappa shape index (κ2) is 6.88. The summed E-state index contributed by atoms with van der Waals surface area (Å²) in [5.74, 6) is 0.233. The van der Waals surface area contributed by atoms with Gasteiger partial charge in [-0.3, -0.25) is 4.79 Å². The quantitative estimate of drug-likeness (QED) is 0.858. The number of nitrogens with one attached hydrogen (secondary N) is 2. The van der Waals surface area contributed by atoms with Crippen molar-refractivity contribution in [2.75, 3.05) is 7.11 Å². The molecule has 0 aliphatic carbocycles. The number of amides is 1. The van der Waals surface area contributed by atoms with Gasteiger partial charge in [-0.25, -0.2) is 9.37 Å². The highest BCUT2D eigenvalue weighted by Crippen LogP contribution is 2.18. The first-order valence-corrected chi connectivity index (χ1v) is 6.75. The number of carbonyl (C=O) groups is 1. The van der Waals surface area contributed by atoms with E-state index in [9.17, 15) is 9.18 Å². The van der Waals surface area contributed by atoms with Crippen molar-refractivity contribution in [3.63, 3.8) is 0 Å². The van der Waals surface area contributed by atoms with Crippen molar-refractivity contribution >= 4 is 5.91 Å². The van der Waals surface area contributed by atoms with Crippen LogP contribution in [0.15, 0.2) is 30.6 Å². The highest BCUT2D eigenvalue weighted by molar-refractivity contribution is 5.79.